The van der Waals surface area contributed by atoms with E-state index in [1.54, 1.807) is 0 Å². The topological polar surface area (TPSA) is 47.3 Å². The van der Waals surface area contributed by atoms with Gasteiger partial charge in [-0.2, -0.15) is 0 Å². The van der Waals surface area contributed by atoms with Gasteiger partial charge in [-0.15, -0.1) is 0 Å². The molecule has 17 heavy (non-hydrogen) atoms. The van der Waals surface area contributed by atoms with E-state index in [0.29, 0.717) is 11.6 Å². The van der Waals surface area contributed by atoms with Gasteiger partial charge in [0.1, 0.15) is 5.75 Å². The molecule has 0 saturated heterocycles. The summed E-state index contributed by atoms with van der Waals surface area (Å²) in [7, 11) is 1.93. The van der Waals surface area contributed by atoms with Crippen molar-refractivity contribution in [2.75, 3.05) is 13.7 Å². The number of hydrogen-bond donors (Lipinski definition) is 2. The highest BCUT2D eigenvalue weighted by molar-refractivity contribution is 6.32. The fourth-order valence-corrected chi connectivity index (χ4v) is 2.04. The number of halogens is 1. The van der Waals surface area contributed by atoms with Crippen LogP contribution in [0.1, 0.15) is 31.9 Å². The van der Waals surface area contributed by atoms with E-state index in [-0.39, 0.29) is 12.1 Å². The Morgan fingerprint density at radius 2 is 2.18 bits per heavy atom. The number of nitrogens with two attached hydrogens (primary N) is 1. The Hall–Kier alpha value is -0.770. The number of ether oxygens (including phenoxy) is 1. The Morgan fingerprint density at radius 3 is 2.65 bits per heavy atom. The van der Waals surface area contributed by atoms with E-state index in [0.717, 1.165) is 17.7 Å². The summed E-state index contributed by atoms with van der Waals surface area (Å²) in [6.45, 7) is 4.56. The van der Waals surface area contributed by atoms with Crippen molar-refractivity contribution < 1.29 is 4.74 Å². The maximum absolute atomic E-state index is 6.16. The predicted molar refractivity (Wildman–Crippen MR) is 72.7 cm³/mol. The van der Waals surface area contributed by atoms with Crippen LogP contribution >= 0.6 is 11.6 Å². The normalized spacial score (nSPS) is 14.4. The molecule has 1 aromatic carbocycles. The molecule has 0 amide bonds. The molecule has 3 N–H and O–H groups in total. The molecule has 96 valence electrons. The van der Waals surface area contributed by atoms with Gasteiger partial charge in [-0.05, 0) is 45.0 Å². The summed E-state index contributed by atoms with van der Waals surface area (Å²) in [4.78, 5) is 0. The summed E-state index contributed by atoms with van der Waals surface area (Å²) >= 11 is 6.16. The van der Waals surface area contributed by atoms with Gasteiger partial charge >= 0.3 is 0 Å². The highest BCUT2D eigenvalue weighted by Gasteiger charge is 2.13. The van der Waals surface area contributed by atoms with Gasteiger partial charge < -0.3 is 15.8 Å². The summed E-state index contributed by atoms with van der Waals surface area (Å²) in [5.74, 6) is 0.730. The quantitative estimate of drug-likeness (QED) is 0.823. The van der Waals surface area contributed by atoms with Crippen LogP contribution in [0.3, 0.4) is 0 Å². The van der Waals surface area contributed by atoms with Crippen molar-refractivity contribution in [2.45, 2.75) is 32.4 Å². The first kappa shape index (κ1) is 14.3. The van der Waals surface area contributed by atoms with Crippen LogP contribution in [0, 0.1) is 0 Å². The van der Waals surface area contributed by atoms with E-state index in [4.69, 9.17) is 22.1 Å². The largest absolute Gasteiger partial charge is 0.492 e. The summed E-state index contributed by atoms with van der Waals surface area (Å²) in [5.41, 5.74) is 6.96. The van der Waals surface area contributed by atoms with Crippen LogP contribution in [-0.2, 0) is 0 Å². The fraction of sp³-hybridized carbons (Fsp3) is 0.538. The smallest absolute Gasteiger partial charge is 0.137 e. The van der Waals surface area contributed by atoms with Gasteiger partial charge in [-0.25, -0.2) is 0 Å². The fourth-order valence-electron chi connectivity index (χ4n) is 1.80. The number of nitrogens with one attached hydrogen (secondary N) is 1. The van der Waals surface area contributed by atoms with Crippen LogP contribution in [-0.4, -0.2) is 19.7 Å². The van der Waals surface area contributed by atoms with Gasteiger partial charge in [-0.1, -0.05) is 17.7 Å². The molecule has 2 unspecified atom stereocenters. The Bertz CT molecular complexity index is 355. The lowest BCUT2D eigenvalue weighted by Crippen LogP contribution is -2.25. The Kier molecular flexibility index (Phi) is 5.75. The van der Waals surface area contributed by atoms with E-state index < -0.39 is 0 Å². The lowest BCUT2D eigenvalue weighted by molar-refractivity contribution is 0.340. The molecule has 1 rings (SSSR count). The monoisotopic (exact) mass is 256 g/mol. The van der Waals surface area contributed by atoms with Crippen LogP contribution in [0.15, 0.2) is 18.2 Å². The van der Waals surface area contributed by atoms with Gasteiger partial charge in [0.25, 0.3) is 0 Å². The molecule has 0 aromatic heterocycles. The van der Waals surface area contributed by atoms with Crippen molar-refractivity contribution in [3.05, 3.63) is 28.8 Å². The van der Waals surface area contributed by atoms with Crippen molar-refractivity contribution in [3.63, 3.8) is 0 Å². The third-order valence-corrected chi connectivity index (χ3v) is 2.91. The first-order chi connectivity index (χ1) is 8.08. The van der Waals surface area contributed by atoms with E-state index in [9.17, 15) is 0 Å². The first-order valence-corrected chi connectivity index (χ1v) is 6.31. The third kappa shape index (κ3) is 4.19. The van der Waals surface area contributed by atoms with Gasteiger partial charge in [-0.3, -0.25) is 0 Å². The molecule has 0 heterocycles. The summed E-state index contributed by atoms with van der Waals surface area (Å²) < 4.78 is 5.41. The molecule has 0 fully saturated rings. The number of benzene rings is 1. The second kappa shape index (κ2) is 6.84. The minimum atomic E-state index is 0.151. The van der Waals surface area contributed by atoms with Crippen molar-refractivity contribution >= 4 is 11.6 Å². The minimum absolute atomic E-state index is 0.151. The average Bonchev–Trinajstić information content (AvgIpc) is 2.28. The molecule has 0 aliphatic rings. The summed E-state index contributed by atoms with van der Waals surface area (Å²) in [6.07, 6.45) is 0.876. The summed E-state index contributed by atoms with van der Waals surface area (Å²) in [5, 5.41) is 3.90. The zero-order chi connectivity index (χ0) is 12.8. The zero-order valence-corrected chi connectivity index (χ0v) is 11.4. The van der Waals surface area contributed by atoms with Gasteiger partial charge in [0.05, 0.1) is 11.6 Å². The maximum Gasteiger partial charge on any atom is 0.137 e. The Labute approximate surface area is 108 Å². The van der Waals surface area contributed by atoms with Crippen LogP contribution in [0.4, 0.5) is 0 Å². The third-order valence-electron chi connectivity index (χ3n) is 2.61. The van der Waals surface area contributed by atoms with Crippen LogP contribution in [0.2, 0.25) is 5.02 Å². The highest BCUT2D eigenvalue weighted by atomic mass is 35.5. The second-order valence-electron chi connectivity index (χ2n) is 4.18. The molecule has 1 aromatic rings. The standard InChI is InChI=1S/C13H21ClN2O/c1-4-17-13-6-5-10(8-11(13)14)12(16-3)7-9(2)15/h5-6,8-9,12,16H,4,7,15H2,1-3H3. The molecule has 0 saturated carbocycles. The Morgan fingerprint density at radius 1 is 1.47 bits per heavy atom. The minimum Gasteiger partial charge on any atom is -0.492 e. The molecule has 0 aliphatic heterocycles. The number of hydrogen-bond acceptors (Lipinski definition) is 3. The lowest BCUT2D eigenvalue weighted by Gasteiger charge is -2.19. The Balaban J connectivity index is 2.86. The molecule has 0 radical (unpaired) electrons. The molecule has 2 atom stereocenters. The second-order valence-corrected chi connectivity index (χ2v) is 4.58. The molecule has 0 aliphatic carbocycles. The van der Waals surface area contributed by atoms with Crippen LogP contribution in [0.5, 0.6) is 5.75 Å². The zero-order valence-electron chi connectivity index (χ0n) is 10.7. The van der Waals surface area contributed by atoms with Crippen molar-refractivity contribution in [2.24, 2.45) is 5.73 Å². The van der Waals surface area contributed by atoms with Crippen LogP contribution < -0.4 is 15.8 Å². The maximum atomic E-state index is 6.16. The number of rotatable bonds is 6. The van der Waals surface area contributed by atoms with Gasteiger partial charge in [0, 0.05) is 12.1 Å². The first-order valence-electron chi connectivity index (χ1n) is 5.93. The molecular weight excluding hydrogens is 236 g/mol. The molecular formula is C13H21ClN2O. The molecule has 3 nitrogen and oxygen atoms in total. The van der Waals surface area contributed by atoms with Crippen molar-refractivity contribution in [1.82, 2.24) is 5.32 Å². The lowest BCUT2D eigenvalue weighted by atomic mass is 10.0. The SMILES string of the molecule is CCOc1ccc(C(CC(C)N)NC)cc1Cl. The predicted octanol–water partition coefficient (Wildman–Crippen LogP) is 2.74. The van der Waals surface area contributed by atoms with Crippen molar-refractivity contribution in [1.29, 1.82) is 0 Å². The van der Waals surface area contributed by atoms with E-state index in [1.165, 1.54) is 0 Å². The molecule has 0 bridgehead atoms. The van der Waals surface area contributed by atoms with Crippen molar-refractivity contribution in [3.8, 4) is 5.75 Å². The van der Waals surface area contributed by atoms with E-state index >= 15 is 0 Å². The van der Waals surface area contributed by atoms with Gasteiger partial charge in [0.15, 0.2) is 0 Å². The molecule has 0 spiro atoms. The van der Waals surface area contributed by atoms with Gasteiger partial charge in [0.2, 0.25) is 0 Å². The van der Waals surface area contributed by atoms with E-state index in [2.05, 4.69) is 5.32 Å². The van der Waals surface area contributed by atoms with E-state index in [1.807, 2.05) is 39.1 Å². The molecule has 4 heteroatoms. The highest BCUT2D eigenvalue weighted by Crippen LogP contribution is 2.29. The van der Waals surface area contributed by atoms with Crippen LogP contribution in [0.25, 0.3) is 0 Å². The summed E-state index contributed by atoms with van der Waals surface area (Å²) in [6, 6.07) is 6.25. The average molecular weight is 257 g/mol.